The van der Waals surface area contributed by atoms with Crippen molar-refractivity contribution in [2.24, 2.45) is 0 Å². The third kappa shape index (κ3) is 4.62. The fourth-order valence-electron chi connectivity index (χ4n) is 1.40. The van der Waals surface area contributed by atoms with Crippen molar-refractivity contribution in [2.75, 3.05) is 6.61 Å². The van der Waals surface area contributed by atoms with Crippen LogP contribution in [-0.2, 0) is 16.0 Å². The van der Waals surface area contributed by atoms with Gasteiger partial charge in [0.15, 0.2) is 0 Å². The SMILES string of the molecule is CCOC(=O)CC#Cc1ccc(Br)cc1CC. The Labute approximate surface area is 110 Å². The van der Waals surface area contributed by atoms with Gasteiger partial charge in [0, 0.05) is 10.0 Å². The van der Waals surface area contributed by atoms with Gasteiger partial charge in [-0.15, -0.1) is 0 Å². The second kappa shape index (κ2) is 7.13. The van der Waals surface area contributed by atoms with E-state index in [1.165, 1.54) is 5.56 Å². The Morgan fingerprint density at radius 1 is 1.41 bits per heavy atom. The number of aryl methyl sites for hydroxylation is 1. The summed E-state index contributed by atoms with van der Waals surface area (Å²) in [4.78, 5) is 11.1. The van der Waals surface area contributed by atoms with Crippen LogP contribution in [0.4, 0.5) is 0 Å². The van der Waals surface area contributed by atoms with Crippen LogP contribution in [0.25, 0.3) is 0 Å². The summed E-state index contributed by atoms with van der Waals surface area (Å²) < 4.78 is 5.85. The Morgan fingerprint density at radius 2 is 2.18 bits per heavy atom. The number of carbonyl (C=O) groups is 1. The molecule has 0 aliphatic heterocycles. The molecular weight excluding hydrogens is 280 g/mol. The molecule has 0 amide bonds. The van der Waals surface area contributed by atoms with Gasteiger partial charge in [-0.05, 0) is 37.1 Å². The fraction of sp³-hybridized carbons (Fsp3) is 0.357. The lowest BCUT2D eigenvalue weighted by atomic mass is 10.1. The minimum Gasteiger partial charge on any atom is -0.465 e. The van der Waals surface area contributed by atoms with E-state index in [2.05, 4.69) is 34.7 Å². The first-order valence-corrected chi connectivity index (χ1v) is 6.39. The first-order chi connectivity index (χ1) is 8.17. The topological polar surface area (TPSA) is 26.3 Å². The van der Waals surface area contributed by atoms with Gasteiger partial charge in [-0.3, -0.25) is 4.79 Å². The Morgan fingerprint density at radius 3 is 2.82 bits per heavy atom. The molecular formula is C14H15BrO2. The molecule has 0 aliphatic rings. The second-order valence-electron chi connectivity index (χ2n) is 3.44. The number of rotatable bonds is 3. The van der Waals surface area contributed by atoms with Crippen molar-refractivity contribution in [1.82, 2.24) is 0 Å². The van der Waals surface area contributed by atoms with E-state index >= 15 is 0 Å². The third-order valence-electron chi connectivity index (χ3n) is 2.21. The summed E-state index contributed by atoms with van der Waals surface area (Å²) in [5.74, 6) is 5.58. The molecule has 0 bridgehead atoms. The van der Waals surface area contributed by atoms with E-state index in [-0.39, 0.29) is 12.4 Å². The van der Waals surface area contributed by atoms with Crippen LogP contribution in [0.5, 0.6) is 0 Å². The maximum absolute atomic E-state index is 11.1. The first kappa shape index (κ1) is 13.8. The Kier molecular flexibility index (Phi) is 5.79. The summed E-state index contributed by atoms with van der Waals surface area (Å²) in [7, 11) is 0. The van der Waals surface area contributed by atoms with Crippen LogP contribution in [0.15, 0.2) is 22.7 Å². The van der Waals surface area contributed by atoms with Crippen molar-refractivity contribution in [3.05, 3.63) is 33.8 Å². The van der Waals surface area contributed by atoms with Crippen LogP contribution in [-0.4, -0.2) is 12.6 Å². The molecule has 17 heavy (non-hydrogen) atoms. The molecule has 1 rings (SSSR count). The molecule has 2 nitrogen and oxygen atoms in total. The molecule has 0 heterocycles. The zero-order valence-corrected chi connectivity index (χ0v) is 11.6. The summed E-state index contributed by atoms with van der Waals surface area (Å²) >= 11 is 3.43. The first-order valence-electron chi connectivity index (χ1n) is 5.60. The van der Waals surface area contributed by atoms with Gasteiger partial charge < -0.3 is 4.74 Å². The van der Waals surface area contributed by atoms with Crippen molar-refractivity contribution < 1.29 is 9.53 Å². The molecule has 0 spiro atoms. The van der Waals surface area contributed by atoms with Gasteiger partial charge in [0.2, 0.25) is 0 Å². The molecule has 0 radical (unpaired) electrons. The van der Waals surface area contributed by atoms with Crippen molar-refractivity contribution >= 4 is 21.9 Å². The minimum absolute atomic E-state index is 0.146. The monoisotopic (exact) mass is 294 g/mol. The quantitative estimate of drug-likeness (QED) is 0.631. The number of hydrogen-bond donors (Lipinski definition) is 0. The minimum atomic E-state index is -0.268. The Balaban J connectivity index is 2.74. The molecule has 0 saturated carbocycles. The number of carbonyl (C=O) groups excluding carboxylic acids is 1. The highest BCUT2D eigenvalue weighted by Gasteiger charge is 1.99. The van der Waals surface area contributed by atoms with Crippen molar-refractivity contribution in [3.8, 4) is 11.8 Å². The van der Waals surface area contributed by atoms with Gasteiger partial charge >= 0.3 is 5.97 Å². The summed E-state index contributed by atoms with van der Waals surface area (Å²) in [5.41, 5.74) is 2.15. The van der Waals surface area contributed by atoms with Gasteiger partial charge in [-0.2, -0.15) is 0 Å². The standard InChI is InChI=1S/C14H15BrO2/c1-3-11-10-13(15)9-8-12(11)6-5-7-14(16)17-4-2/h8-10H,3-4,7H2,1-2H3. The van der Waals surface area contributed by atoms with E-state index in [1.54, 1.807) is 6.92 Å². The zero-order chi connectivity index (χ0) is 12.7. The molecule has 0 saturated heterocycles. The number of hydrogen-bond acceptors (Lipinski definition) is 2. The average Bonchev–Trinajstić information content (AvgIpc) is 2.31. The van der Waals surface area contributed by atoms with E-state index in [4.69, 9.17) is 4.74 Å². The number of benzene rings is 1. The summed E-state index contributed by atoms with van der Waals surface area (Å²) in [6.45, 7) is 4.27. The molecule has 1 aromatic rings. The molecule has 0 atom stereocenters. The maximum Gasteiger partial charge on any atom is 0.317 e. The van der Waals surface area contributed by atoms with Crippen molar-refractivity contribution in [1.29, 1.82) is 0 Å². The maximum atomic E-state index is 11.1. The summed E-state index contributed by atoms with van der Waals surface area (Å²) in [6, 6.07) is 5.96. The van der Waals surface area contributed by atoms with Gasteiger partial charge in [0.1, 0.15) is 6.42 Å². The Bertz CT molecular complexity index is 455. The summed E-state index contributed by atoms with van der Waals surface area (Å²) in [5, 5.41) is 0. The van der Waals surface area contributed by atoms with Crippen molar-refractivity contribution in [3.63, 3.8) is 0 Å². The molecule has 0 unspecified atom stereocenters. The highest BCUT2D eigenvalue weighted by Crippen LogP contribution is 2.16. The van der Waals surface area contributed by atoms with E-state index < -0.39 is 0 Å². The molecule has 0 aliphatic carbocycles. The smallest absolute Gasteiger partial charge is 0.317 e. The van der Waals surface area contributed by atoms with Crippen LogP contribution in [0, 0.1) is 11.8 Å². The largest absolute Gasteiger partial charge is 0.465 e. The van der Waals surface area contributed by atoms with E-state index in [0.29, 0.717) is 6.61 Å². The van der Waals surface area contributed by atoms with Crippen LogP contribution < -0.4 is 0 Å². The van der Waals surface area contributed by atoms with E-state index in [1.807, 2.05) is 18.2 Å². The fourth-order valence-corrected chi connectivity index (χ4v) is 1.81. The molecule has 1 aromatic carbocycles. The second-order valence-corrected chi connectivity index (χ2v) is 4.35. The molecule has 0 aromatic heterocycles. The molecule has 3 heteroatoms. The predicted molar refractivity (Wildman–Crippen MR) is 71.6 cm³/mol. The average molecular weight is 295 g/mol. The van der Waals surface area contributed by atoms with E-state index in [9.17, 15) is 4.79 Å². The third-order valence-corrected chi connectivity index (χ3v) is 2.70. The number of ether oxygens (including phenoxy) is 1. The van der Waals surface area contributed by atoms with Crippen LogP contribution in [0.3, 0.4) is 0 Å². The normalized spacial score (nSPS) is 9.35. The van der Waals surface area contributed by atoms with Crippen LogP contribution in [0.1, 0.15) is 31.4 Å². The lowest BCUT2D eigenvalue weighted by molar-refractivity contribution is -0.141. The summed E-state index contributed by atoms with van der Waals surface area (Å²) in [6.07, 6.45) is 1.07. The zero-order valence-electron chi connectivity index (χ0n) is 10.0. The molecule has 0 fully saturated rings. The van der Waals surface area contributed by atoms with Crippen molar-refractivity contribution in [2.45, 2.75) is 26.7 Å². The van der Waals surface area contributed by atoms with Crippen LogP contribution in [0.2, 0.25) is 0 Å². The highest BCUT2D eigenvalue weighted by molar-refractivity contribution is 9.10. The lowest BCUT2D eigenvalue weighted by Gasteiger charge is -2.01. The predicted octanol–water partition coefficient (Wildman–Crippen LogP) is 3.32. The van der Waals surface area contributed by atoms with E-state index in [0.717, 1.165) is 16.5 Å². The molecule has 0 N–H and O–H groups in total. The lowest BCUT2D eigenvalue weighted by Crippen LogP contribution is -2.01. The van der Waals surface area contributed by atoms with Gasteiger partial charge in [0.25, 0.3) is 0 Å². The van der Waals surface area contributed by atoms with Crippen LogP contribution >= 0.6 is 15.9 Å². The number of esters is 1. The number of halogens is 1. The Hall–Kier alpha value is -1.27. The highest BCUT2D eigenvalue weighted by atomic mass is 79.9. The van der Waals surface area contributed by atoms with Gasteiger partial charge in [0.05, 0.1) is 6.61 Å². The van der Waals surface area contributed by atoms with Gasteiger partial charge in [-0.25, -0.2) is 0 Å². The van der Waals surface area contributed by atoms with Gasteiger partial charge in [-0.1, -0.05) is 34.7 Å². The molecule has 90 valence electrons.